The lowest BCUT2D eigenvalue weighted by Gasteiger charge is -2.58. The molecule has 2 fully saturated rings. The molecule has 1 saturated carbocycles. The molecule has 0 amide bonds. The summed E-state index contributed by atoms with van der Waals surface area (Å²) in [6, 6.07) is 0.690. The summed E-state index contributed by atoms with van der Waals surface area (Å²) in [5.41, 5.74) is 6.89. The molecule has 0 spiro atoms. The van der Waals surface area contributed by atoms with Crippen molar-refractivity contribution in [3.8, 4) is 0 Å². The molecule has 2 rings (SSSR count). The normalized spacial score (nSPS) is 39.2. The van der Waals surface area contributed by atoms with Crippen LogP contribution in [0.5, 0.6) is 0 Å². The number of hydrogen-bond acceptors (Lipinski definition) is 3. The zero-order chi connectivity index (χ0) is 12.5. The lowest BCUT2D eigenvalue weighted by Crippen LogP contribution is -2.67. The van der Waals surface area contributed by atoms with Gasteiger partial charge < -0.3 is 5.73 Å². The molecule has 2 nitrogen and oxygen atoms in total. The summed E-state index contributed by atoms with van der Waals surface area (Å²) >= 11 is 2.10. The van der Waals surface area contributed by atoms with Gasteiger partial charge in [0, 0.05) is 36.2 Å². The van der Waals surface area contributed by atoms with Crippen LogP contribution in [0.4, 0.5) is 0 Å². The third kappa shape index (κ3) is 2.26. The minimum Gasteiger partial charge on any atom is -0.329 e. The molecule has 2 aliphatic rings. The smallest absolute Gasteiger partial charge is 0.0386 e. The minimum atomic E-state index is 0.256. The van der Waals surface area contributed by atoms with E-state index in [2.05, 4.69) is 37.4 Å². The fraction of sp³-hybridized carbons (Fsp3) is 1.00. The van der Waals surface area contributed by atoms with Crippen molar-refractivity contribution in [3.63, 3.8) is 0 Å². The molecule has 0 radical (unpaired) electrons. The Morgan fingerprint density at radius 2 is 2.00 bits per heavy atom. The van der Waals surface area contributed by atoms with Crippen molar-refractivity contribution in [1.82, 2.24) is 4.90 Å². The van der Waals surface area contributed by atoms with Crippen LogP contribution in [0.3, 0.4) is 0 Å². The second-order valence-electron chi connectivity index (χ2n) is 6.44. The van der Waals surface area contributed by atoms with Gasteiger partial charge in [-0.3, -0.25) is 4.90 Å². The van der Waals surface area contributed by atoms with E-state index in [4.69, 9.17) is 5.73 Å². The first-order valence-electron chi connectivity index (χ1n) is 7.08. The first-order chi connectivity index (χ1) is 8.03. The Kier molecular flexibility index (Phi) is 4.11. The van der Waals surface area contributed by atoms with Gasteiger partial charge in [-0.25, -0.2) is 0 Å². The van der Waals surface area contributed by atoms with Crippen LogP contribution < -0.4 is 5.73 Å². The van der Waals surface area contributed by atoms with E-state index < -0.39 is 0 Å². The predicted molar refractivity (Wildman–Crippen MR) is 77.5 cm³/mol. The zero-order valence-corrected chi connectivity index (χ0v) is 12.5. The van der Waals surface area contributed by atoms with Crippen molar-refractivity contribution in [2.24, 2.45) is 11.1 Å². The van der Waals surface area contributed by atoms with Gasteiger partial charge >= 0.3 is 0 Å². The maximum Gasteiger partial charge on any atom is 0.0386 e. The first-order valence-corrected chi connectivity index (χ1v) is 8.23. The fourth-order valence-corrected chi connectivity index (χ4v) is 4.96. The number of rotatable bonds is 2. The molecular formula is C14H28N2S. The summed E-state index contributed by atoms with van der Waals surface area (Å²) < 4.78 is 0. The standard InChI is InChI=1S/C14H28N2S/c1-12-10-17-9-8-16(12)14(11-15)7-5-4-6-13(14,2)3/h12H,4-11,15H2,1-3H3. The molecule has 1 saturated heterocycles. The second kappa shape index (κ2) is 5.10. The Bertz CT molecular complexity index is 267. The largest absolute Gasteiger partial charge is 0.329 e. The van der Waals surface area contributed by atoms with Crippen molar-refractivity contribution in [2.45, 2.75) is 58.0 Å². The molecule has 1 aliphatic heterocycles. The zero-order valence-electron chi connectivity index (χ0n) is 11.7. The van der Waals surface area contributed by atoms with Gasteiger partial charge in [-0.2, -0.15) is 11.8 Å². The van der Waals surface area contributed by atoms with Crippen LogP contribution in [0, 0.1) is 5.41 Å². The van der Waals surface area contributed by atoms with Gasteiger partial charge in [0.2, 0.25) is 0 Å². The van der Waals surface area contributed by atoms with Crippen LogP contribution in [0.2, 0.25) is 0 Å². The summed E-state index contributed by atoms with van der Waals surface area (Å²) in [7, 11) is 0. The maximum absolute atomic E-state index is 6.26. The van der Waals surface area contributed by atoms with Gasteiger partial charge in [0.25, 0.3) is 0 Å². The quantitative estimate of drug-likeness (QED) is 0.824. The van der Waals surface area contributed by atoms with E-state index in [0.29, 0.717) is 11.5 Å². The van der Waals surface area contributed by atoms with E-state index in [1.165, 1.54) is 43.7 Å². The molecule has 0 bridgehead atoms. The van der Waals surface area contributed by atoms with E-state index in [0.717, 1.165) is 6.54 Å². The number of nitrogens with zero attached hydrogens (tertiary/aromatic N) is 1. The maximum atomic E-state index is 6.26. The first kappa shape index (κ1) is 13.7. The molecule has 2 atom stereocenters. The van der Waals surface area contributed by atoms with Crippen LogP contribution >= 0.6 is 11.8 Å². The summed E-state index contributed by atoms with van der Waals surface area (Å²) in [4.78, 5) is 2.75. The van der Waals surface area contributed by atoms with Gasteiger partial charge in [-0.15, -0.1) is 0 Å². The molecule has 1 aliphatic carbocycles. The summed E-state index contributed by atoms with van der Waals surface area (Å²) in [6.07, 6.45) is 5.37. The highest BCUT2D eigenvalue weighted by Crippen LogP contribution is 2.48. The lowest BCUT2D eigenvalue weighted by molar-refractivity contribution is -0.0580. The molecule has 100 valence electrons. The third-order valence-electron chi connectivity index (χ3n) is 5.16. The minimum absolute atomic E-state index is 0.256. The number of hydrogen-bond donors (Lipinski definition) is 1. The van der Waals surface area contributed by atoms with Gasteiger partial charge in [-0.1, -0.05) is 26.7 Å². The number of thioether (sulfide) groups is 1. The highest BCUT2D eigenvalue weighted by molar-refractivity contribution is 7.99. The summed E-state index contributed by atoms with van der Waals surface area (Å²) in [6.45, 7) is 9.32. The van der Waals surface area contributed by atoms with Crippen LogP contribution in [-0.4, -0.2) is 41.1 Å². The average Bonchev–Trinajstić information content (AvgIpc) is 2.30. The Hall–Kier alpha value is 0.270. The molecule has 2 unspecified atom stereocenters. The molecular weight excluding hydrogens is 228 g/mol. The van der Waals surface area contributed by atoms with Gasteiger partial charge in [0.1, 0.15) is 0 Å². The van der Waals surface area contributed by atoms with Crippen LogP contribution in [-0.2, 0) is 0 Å². The Labute approximate surface area is 111 Å². The predicted octanol–water partition coefficient (Wildman–Crippen LogP) is 2.72. The van der Waals surface area contributed by atoms with Gasteiger partial charge in [0.15, 0.2) is 0 Å². The lowest BCUT2D eigenvalue weighted by atomic mass is 9.62. The van der Waals surface area contributed by atoms with Crippen LogP contribution in [0.15, 0.2) is 0 Å². The van der Waals surface area contributed by atoms with Crippen molar-refractivity contribution in [2.75, 3.05) is 24.6 Å². The molecule has 17 heavy (non-hydrogen) atoms. The molecule has 2 N–H and O–H groups in total. The van der Waals surface area contributed by atoms with E-state index >= 15 is 0 Å². The van der Waals surface area contributed by atoms with Crippen LogP contribution in [0.1, 0.15) is 46.5 Å². The van der Waals surface area contributed by atoms with Crippen molar-refractivity contribution in [3.05, 3.63) is 0 Å². The van der Waals surface area contributed by atoms with E-state index in [9.17, 15) is 0 Å². The van der Waals surface area contributed by atoms with Crippen molar-refractivity contribution < 1.29 is 0 Å². The fourth-order valence-electron chi connectivity index (χ4n) is 3.95. The number of nitrogens with two attached hydrogens (primary N) is 1. The Balaban J connectivity index is 2.27. The van der Waals surface area contributed by atoms with E-state index in [1.807, 2.05) is 0 Å². The van der Waals surface area contributed by atoms with Gasteiger partial charge in [-0.05, 0) is 25.2 Å². The summed E-state index contributed by atoms with van der Waals surface area (Å²) in [5, 5.41) is 0. The third-order valence-corrected chi connectivity index (χ3v) is 6.35. The average molecular weight is 256 g/mol. The monoisotopic (exact) mass is 256 g/mol. The highest BCUT2D eigenvalue weighted by Gasteiger charge is 2.50. The molecule has 1 heterocycles. The molecule has 0 aromatic heterocycles. The second-order valence-corrected chi connectivity index (χ2v) is 7.59. The SMILES string of the molecule is CC1CSCCN1C1(CN)CCCCC1(C)C. The Morgan fingerprint density at radius 3 is 2.59 bits per heavy atom. The highest BCUT2D eigenvalue weighted by atomic mass is 32.2. The summed E-state index contributed by atoms with van der Waals surface area (Å²) in [5.74, 6) is 2.56. The van der Waals surface area contributed by atoms with Crippen molar-refractivity contribution >= 4 is 11.8 Å². The topological polar surface area (TPSA) is 29.3 Å². The van der Waals surface area contributed by atoms with Crippen LogP contribution in [0.25, 0.3) is 0 Å². The van der Waals surface area contributed by atoms with E-state index in [-0.39, 0.29) is 5.54 Å². The van der Waals surface area contributed by atoms with Crippen molar-refractivity contribution in [1.29, 1.82) is 0 Å². The molecule has 0 aromatic rings. The molecule has 0 aromatic carbocycles. The molecule has 3 heteroatoms. The Morgan fingerprint density at radius 1 is 1.29 bits per heavy atom. The van der Waals surface area contributed by atoms with Gasteiger partial charge in [0.05, 0.1) is 0 Å². The van der Waals surface area contributed by atoms with E-state index in [1.54, 1.807) is 0 Å².